The number of hydrogen-bond donors (Lipinski definition) is 3. The van der Waals surface area contributed by atoms with E-state index in [0.29, 0.717) is 28.9 Å². The first-order valence-electron chi connectivity index (χ1n) is 24.3. The Morgan fingerprint density at radius 2 is 1.59 bits per heavy atom. The quantitative estimate of drug-likeness (QED) is 0.106. The molecule has 69 heavy (non-hydrogen) atoms. The number of aryl methyl sites for hydroxylation is 2. The number of rotatable bonds is 12. The SMILES string of the molecule is Cc1ncsc1-c1ccc(C(C)NC(=O)[C@@H]2C[C@@H](O)CN2C(=O)[C@@H](c2cc(C3CCC(c4cnc(N5CCC(c6sc7nnc(-c8ccccc8O)cc7c6C)CC5)nc4)CC3)no2)C(C)C)cc1. The smallest absolute Gasteiger partial charge is 0.243 e. The third kappa shape index (κ3) is 9.50. The van der Waals surface area contributed by atoms with Crippen LogP contribution in [0.4, 0.5) is 5.95 Å². The highest BCUT2D eigenvalue weighted by atomic mass is 32.1. The molecule has 3 N–H and O–H groups in total. The van der Waals surface area contributed by atoms with Crippen molar-refractivity contribution >= 4 is 50.7 Å². The zero-order valence-corrected chi connectivity index (χ0v) is 41.3. The number of anilines is 1. The minimum absolute atomic E-state index is 0.0834. The van der Waals surface area contributed by atoms with Gasteiger partial charge in [0.2, 0.25) is 17.8 Å². The normalized spacial score (nSPS) is 21.0. The fraction of sp³-hybridized carbons (Fsp3) is 0.434. The number of nitrogens with one attached hydrogen (secondary N) is 1. The predicted molar refractivity (Wildman–Crippen MR) is 268 cm³/mol. The molecule has 4 atom stereocenters. The highest BCUT2D eigenvalue weighted by Gasteiger charge is 2.44. The van der Waals surface area contributed by atoms with Crippen molar-refractivity contribution in [2.24, 2.45) is 5.92 Å². The van der Waals surface area contributed by atoms with Crippen LogP contribution >= 0.6 is 22.7 Å². The van der Waals surface area contributed by atoms with Gasteiger partial charge in [0.05, 0.1) is 39.6 Å². The summed E-state index contributed by atoms with van der Waals surface area (Å²) in [4.78, 5) is 49.5. The van der Waals surface area contributed by atoms with Crippen LogP contribution in [0.5, 0.6) is 5.75 Å². The van der Waals surface area contributed by atoms with E-state index in [9.17, 15) is 19.8 Å². The predicted octanol–water partition coefficient (Wildman–Crippen LogP) is 9.99. The number of aliphatic hydroxyl groups excluding tert-OH is 1. The van der Waals surface area contributed by atoms with Crippen LogP contribution in [-0.2, 0) is 9.59 Å². The molecule has 7 aromatic rings. The summed E-state index contributed by atoms with van der Waals surface area (Å²) in [5.74, 6) is 1.15. The average molecular weight is 966 g/mol. The summed E-state index contributed by atoms with van der Waals surface area (Å²) in [6.45, 7) is 11.9. The molecule has 3 aliphatic rings. The van der Waals surface area contributed by atoms with Crippen LogP contribution in [0.3, 0.4) is 0 Å². The maximum absolute atomic E-state index is 14.4. The number of fused-ring (bicyclic) bond motifs is 1. The fourth-order valence-electron chi connectivity index (χ4n) is 10.8. The summed E-state index contributed by atoms with van der Waals surface area (Å²) >= 11 is 3.33. The van der Waals surface area contributed by atoms with Gasteiger partial charge in [-0.05, 0) is 118 Å². The number of piperidine rings is 1. The number of amides is 2. The zero-order chi connectivity index (χ0) is 47.9. The van der Waals surface area contributed by atoms with Crippen LogP contribution in [0.2, 0.25) is 0 Å². The summed E-state index contributed by atoms with van der Waals surface area (Å²) in [6, 6.07) is 18.2. The summed E-state index contributed by atoms with van der Waals surface area (Å²) in [7, 11) is 0. The first kappa shape index (κ1) is 46.6. The molecule has 7 heterocycles. The van der Waals surface area contributed by atoms with Crippen LogP contribution in [-0.4, -0.2) is 89.0 Å². The Balaban J connectivity index is 0.723. The Labute approximate surface area is 410 Å². The summed E-state index contributed by atoms with van der Waals surface area (Å²) in [5.41, 5.74) is 9.47. The number of benzene rings is 2. The monoisotopic (exact) mass is 965 g/mol. The molecule has 0 radical (unpaired) electrons. The molecule has 2 saturated heterocycles. The number of carbonyl (C=O) groups is 2. The second-order valence-electron chi connectivity index (χ2n) is 19.6. The molecule has 358 valence electrons. The molecule has 16 heteroatoms. The highest BCUT2D eigenvalue weighted by molar-refractivity contribution is 7.19. The van der Waals surface area contributed by atoms with E-state index in [0.717, 1.165) is 101 Å². The average Bonchev–Trinajstić information content (AvgIpc) is 4.19. The van der Waals surface area contributed by atoms with Crippen molar-refractivity contribution in [3.05, 3.63) is 117 Å². The lowest BCUT2D eigenvalue weighted by Crippen LogP contribution is -2.48. The minimum atomic E-state index is -0.803. The Bertz CT molecular complexity index is 2930. The molecule has 2 amide bonds. The summed E-state index contributed by atoms with van der Waals surface area (Å²) in [5, 5.41) is 38.9. The number of phenols is 1. The van der Waals surface area contributed by atoms with Crippen molar-refractivity contribution in [2.45, 2.75) is 121 Å². The van der Waals surface area contributed by atoms with Gasteiger partial charge in [0.1, 0.15) is 28.3 Å². The van der Waals surface area contributed by atoms with Crippen molar-refractivity contribution in [3.8, 4) is 27.4 Å². The van der Waals surface area contributed by atoms with Crippen molar-refractivity contribution in [3.63, 3.8) is 0 Å². The van der Waals surface area contributed by atoms with Gasteiger partial charge in [0, 0.05) is 66.3 Å². The number of phenolic OH excluding ortho intramolecular Hbond substituents is 1. The number of nitrogens with zero attached hydrogens (tertiary/aromatic N) is 8. The molecule has 1 unspecified atom stereocenters. The topological polar surface area (TPSA) is 184 Å². The molecule has 14 nitrogen and oxygen atoms in total. The third-order valence-electron chi connectivity index (χ3n) is 14.8. The molecule has 2 aliphatic heterocycles. The van der Waals surface area contributed by atoms with E-state index in [2.05, 4.69) is 43.5 Å². The number of aliphatic hydroxyl groups is 1. The number of β-amino-alcohol motifs (C(OH)–C–C–N with tert-alkyl or cyclic N) is 1. The van der Waals surface area contributed by atoms with E-state index >= 15 is 0 Å². The van der Waals surface area contributed by atoms with Crippen molar-refractivity contribution in [1.29, 1.82) is 0 Å². The van der Waals surface area contributed by atoms with Gasteiger partial charge in [-0.1, -0.05) is 55.4 Å². The van der Waals surface area contributed by atoms with E-state index in [4.69, 9.17) is 14.5 Å². The summed E-state index contributed by atoms with van der Waals surface area (Å²) < 4.78 is 5.97. The second-order valence-corrected chi connectivity index (χ2v) is 21.5. The molecule has 0 spiro atoms. The molecule has 2 aromatic carbocycles. The number of thiazole rings is 1. The molecular formula is C53H59N9O5S2. The Hall–Kier alpha value is -6.10. The minimum Gasteiger partial charge on any atom is -0.507 e. The largest absolute Gasteiger partial charge is 0.507 e. The van der Waals surface area contributed by atoms with Gasteiger partial charge < -0.3 is 29.9 Å². The van der Waals surface area contributed by atoms with Gasteiger partial charge in [-0.25, -0.2) is 15.0 Å². The standard InChI is InChI=1S/C53H59N9O5S2/c1-29(2)47(52(66)62-27-39(63)22-44(62)50(65)57-31(4)33-10-16-36(17-11-33)49-32(5)56-28-68-49)46-24-42(60-67-46)35-14-12-34(13-15-35)38-25-54-53(55-26-38)61-20-18-37(19-21-61)48-30(3)41-23-43(58-59-51(41)69-48)40-8-6-7-9-45(40)64/h6-11,16-17,23-26,28-29,31,34-35,37,39,44,47,63-64H,12-15,18-22,27H2,1-5H3,(H,57,65)/t31?,34?,35?,39-,44+,47-/m1/s1. The first-order valence-corrected chi connectivity index (χ1v) is 26.0. The van der Waals surface area contributed by atoms with E-state index in [1.54, 1.807) is 28.7 Å². The Morgan fingerprint density at radius 1 is 0.870 bits per heavy atom. The van der Waals surface area contributed by atoms with Gasteiger partial charge in [-0.3, -0.25) is 9.59 Å². The second kappa shape index (κ2) is 19.7. The van der Waals surface area contributed by atoms with E-state index in [-0.39, 0.29) is 48.4 Å². The molecule has 3 fully saturated rings. The molecule has 10 rings (SSSR count). The number of carbonyl (C=O) groups excluding carboxylic acids is 2. The molecule has 0 bridgehead atoms. The van der Waals surface area contributed by atoms with Crippen LogP contribution in [0.25, 0.3) is 31.9 Å². The zero-order valence-electron chi connectivity index (χ0n) is 39.7. The molecule has 5 aromatic heterocycles. The van der Waals surface area contributed by atoms with E-state index < -0.39 is 18.1 Å². The maximum Gasteiger partial charge on any atom is 0.243 e. The molecular weight excluding hydrogens is 907 g/mol. The van der Waals surface area contributed by atoms with Gasteiger partial charge >= 0.3 is 0 Å². The van der Waals surface area contributed by atoms with Crippen LogP contribution in [0.1, 0.15) is 134 Å². The van der Waals surface area contributed by atoms with Gasteiger partial charge in [-0.15, -0.1) is 32.9 Å². The molecule has 1 saturated carbocycles. The lowest BCUT2D eigenvalue weighted by molar-refractivity contribution is -0.141. The number of likely N-dealkylation sites (tertiary alicyclic amines) is 1. The van der Waals surface area contributed by atoms with E-state index in [1.807, 2.05) is 94.1 Å². The van der Waals surface area contributed by atoms with Gasteiger partial charge in [0.25, 0.3) is 0 Å². The highest BCUT2D eigenvalue weighted by Crippen LogP contribution is 2.43. The Kier molecular flexibility index (Phi) is 13.3. The van der Waals surface area contributed by atoms with Crippen molar-refractivity contribution in [2.75, 3.05) is 24.5 Å². The number of thiophene rings is 1. The Morgan fingerprint density at radius 3 is 2.29 bits per heavy atom. The van der Waals surface area contributed by atoms with Gasteiger partial charge in [-0.2, -0.15) is 0 Å². The lowest BCUT2D eigenvalue weighted by atomic mass is 9.78. The summed E-state index contributed by atoms with van der Waals surface area (Å²) in [6.07, 6.45) is 9.19. The maximum atomic E-state index is 14.4. The van der Waals surface area contributed by atoms with Crippen molar-refractivity contribution < 1.29 is 24.3 Å². The van der Waals surface area contributed by atoms with Crippen LogP contribution in [0, 0.1) is 19.8 Å². The van der Waals surface area contributed by atoms with Crippen molar-refractivity contribution in [1.82, 2.24) is 40.5 Å². The fourth-order valence-corrected chi connectivity index (χ4v) is 12.9. The van der Waals surface area contributed by atoms with Crippen LogP contribution < -0.4 is 10.2 Å². The number of para-hydroxylation sites is 1. The van der Waals surface area contributed by atoms with Crippen LogP contribution in [0.15, 0.2) is 83.1 Å². The van der Waals surface area contributed by atoms with Gasteiger partial charge in [0.15, 0.2) is 0 Å². The molecule has 1 aliphatic carbocycles. The first-order chi connectivity index (χ1) is 33.4. The number of hydrogen-bond acceptors (Lipinski definition) is 14. The number of aromatic hydroxyl groups is 1. The lowest BCUT2D eigenvalue weighted by Gasteiger charge is -2.32. The van der Waals surface area contributed by atoms with E-state index in [1.165, 1.54) is 15.3 Å². The third-order valence-corrected chi connectivity index (χ3v) is 17.1. The number of aromatic nitrogens is 6.